The fraction of sp³-hybridized carbons (Fsp3) is 0.125. The van der Waals surface area contributed by atoms with Crippen molar-refractivity contribution in [1.82, 2.24) is 9.78 Å². The van der Waals surface area contributed by atoms with E-state index in [9.17, 15) is 0 Å². The zero-order chi connectivity index (χ0) is 20.8. The van der Waals surface area contributed by atoms with Crippen LogP contribution in [0.2, 0.25) is 0 Å². The quantitative estimate of drug-likeness (QED) is 0.382. The Morgan fingerprint density at radius 3 is 2.55 bits per heavy atom. The summed E-state index contributed by atoms with van der Waals surface area (Å²) in [6, 6.07) is 13.5. The van der Waals surface area contributed by atoms with E-state index in [4.69, 9.17) is 14.2 Å². The highest BCUT2D eigenvalue weighted by molar-refractivity contribution is 5.71. The number of rotatable bonds is 8. The van der Waals surface area contributed by atoms with Gasteiger partial charge in [-0.05, 0) is 30.7 Å². The number of ether oxygens (including phenoxy) is 3. The Hall–Kier alpha value is -3.73. The lowest BCUT2D eigenvalue weighted by molar-refractivity contribution is 0.371. The van der Waals surface area contributed by atoms with E-state index >= 15 is 0 Å². The molecule has 0 N–H and O–H groups in total. The van der Waals surface area contributed by atoms with Crippen LogP contribution >= 0.6 is 0 Å². The van der Waals surface area contributed by atoms with Gasteiger partial charge in [0.1, 0.15) is 23.0 Å². The fourth-order valence-electron chi connectivity index (χ4n) is 2.88. The van der Waals surface area contributed by atoms with Crippen molar-refractivity contribution in [3.05, 3.63) is 96.9 Å². The van der Waals surface area contributed by atoms with E-state index in [0.29, 0.717) is 23.0 Å². The first-order chi connectivity index (χ1) is 14.0. The monoisotopic (exact) mass is 388 g/mol. The van der Waals surface area contributed by atoms with Gasteiger partial charge in [0.15, 0.2) is 0 Å². The topological polar surface area (TPSA) is 45.5 Å². The minimum atomic E-state index is 0.589. The lowest BCUT2D eigenvalue weighted by atomic mass is 10.0. The SMILES string of the molecule is C=C/C=C(/Oc1cc(OC)cc(-n2cccn2)c1)c1cc(C(=C)OC)ccc1C. The molecule has 0 fully saturated rings. The van der Waals surface area contributed by atoms with E-state index in [0.717, 1.165) is 22.4 Å². The van der Waals surface area contributed by atoms with E-state index in [1.807, 2.05) is 61.7 Å². The standard InChI is InChI=1S/C24H24N2O3/c1-6-8-24(23-13-19(18(3)27-4)10-9-17(23)2)29-22-15-20(14-21(16-22)28-5)26-12-7-11-25-26/h6-16H,1,3H2,2,4-5H3/b24-8+. The molecule has 29 heavy (non-hydrogen) atoms. The van der Waals surface area contributed by atoms with Gasteiger partial charge >= 0.3 is 0 Å². The minimum Gasteiger partial charge on any atom is -0.497 e. The van der Waals surface area contributed by atoms with Crippen LogP contribution in [-0.4, -0.2) is 24.0 Å². The second-order valence-electron chi connectivity index (χ2n) is 6.34. The lowest BCUT2D eigenvalue weighted by Gasteiger charge is -2.16. The van der Waals surface area contributed by atoms with Crippen LogP contribution in [0.3, 0.4) is 0 Å². The molecule has 0 saturated carbocycles. The number of methoxy groups -OCH3 is 2. The number of aromatic nitrogens is 2. The maximum atomic E-state index is 6.27. The van der Waals surface area contributed by atoms with Crippen molar-refractivity contribution in [2.24, 2.45) is 0 Å². The van der Waals surface area contributed by atoms with Gasteiger partial charge in [0.2, 0.25) is 0 Å². The van der Waals surface area contributed by atoms with Crippen LogP contribution in [0.25, 0.3) is 17.2 Å². The molecule has 0 bridgehead atoms. The highest BCUT2D eigenvalue weighted by Gasteiger charge is 2.12. The summed E-state index contributed by atoms with van der Waals surface area (Å²) in [7, 11) is 3.22. The van der Waals surface area contributed by atoms with Crippen molar-refractivity contribution in [2.45, 2.75) is 6.92 Å². The van der Waals surface area contributed by atoms with Crippen molar-refractivity contribution in [3.8, 4) is 17.2 Å². The van der Waals surface area contributed by atoms with Crippen LogP contribution in [0, 0.1) is 6.92 Å². The first-order valence-corrected chi connectivity index (χ1v) is 9.09. The molecule has 0 saturated heterocycles. The van der Waals surface area contributed by atoms with Gasteiger partial charge in [0.25, 0.3) is 0 Å². The number of hydrogen-bond donors (Lipinski definition) is 0. The lowest BCUT2D eigenvalue weighted by Crippen LogP contribution is -2.01. The molecular formula is C24H24N2O3. The Labute approximate surface area is 171 Å². The van der Waals surface area contributed by atoms with Gasteiger partial charge < -0.3 is 14.2 Å². The Kier molecular flexibility index (Phi) is 6.19. The van der Waals surface area contributed by atoms with Crippen LogP contribution in [-0.2, 0) is 4.74 Å². The predicted octanol–water partition coefficient (Wildman–Crippen LogP) is 5.41. The first kappa shape index (κ1) is 20.0. The number of aryl methyl sites for hydroxylation is 1. The molecule has 0 aliphatic rings. The zero-order valence-electron chi connectivity index (χ0n) is 16.9. The van der Waals surface area contributed by atoms with Gasteiger partial charge in [-0.2, -0.15) is 5.10 Å². The summed E-state index contributed by atoms with van der Waals surface area (Å²) in [4.78, 5) is 0. The van der Waals surface area contributed by atoms with E-state index < -0.39 is 0 Å². The molecule has 1 aromatic heterocycles. The fourth-order valence-corrected chi connectivity index (χ4v) is 2.88. The third kappa shape index (κ3) is 4.58. The average Bonchev–Trinajstić information content (AvgIpc) is 3.28. The molecule has 2 aromatic carbocycles. The van der Waals surface area contributed by atoms with E-state index in [-0.39, 0.29) is 0 Å². The molecular weight excluding hydrogens is 364 g/mol. The second kappa shape index (κ2) is 8.97. The highest BCUT2D eigenvalue weighted by atomic mass is 16.5. The van der Waals surface area contributed by atoms with E-state index in [1.54, 1.807) is 31.2 Å². The molecule has 5 nitrogen and oxygen atoms in total. The molecule has 0 radical (unpaired) electrons. The van der Waals surface area contributed by atoms with Crippen LogP contribution in [0.1, 0.15) is 16.7 Å². The number of allylic oxidation sites excluding steroid dienone is 2. The Morgan fingerprint density at radius 2 is 1.90 bits per heavy atom. The van der Waals surface area contributed by atoms with Gasteiger partial charge in [0, 0.05) is 41.7 Å². The molecule has 0 aliphatic heterocycles. The van der Waals surface area contributed by atoms with Crippen molar-refractivity contribution in [3.63, 3.8) is 0 Å². The smallest absolute Gasteiger partial charge is 0.134 e. The molecule has 1 heterocycles. The molecule has 0 atom stereocenters. The number of benzene rings is 2. The number of nitrogens with zero attached hydrogens (tertiary/aromatic N) is 2. The Morgan fingerprint density at radius 1 is 1.10 bits per heavy atom. The summed E-state index contributed by atoms with van der Waals surface area (Å²) in [5.41, 5.74) is 3.69. The van der Waals surface area contributed by atoms with Crippen molar-refractivity contribution in [1.29, 1.82) is 0 Å². The summed E-state index contributed by atoms with van der Waals surface area (Å²) in [5, 5.41) is 4.28. The third-order valence-electron chi connectivity index (χ3n) is 4.44. The van der Waals surface area contributed by atoms with Crippen molar-refractivity contribution >= 4 is 11.5 Å². The molecule has 0 unspecified atom stereocenters. The summed E-state index contributed by atoms with van der Waals surface area (Å²) >= 11 is 0. The summed E-state index contributed by atoms with van der Waals surface area (Å²) in [6.45, 7) is 9.79. The third-order valence-corrected chi connectivity index (χ3v) is 4.44. The molecule has 0 aliphatic carbocycles. The zero-order valence-corrected chi connectivity index (χ0v) is 16.9. The van der Waals surface area contributed by atoms with Crippen LogP contribution in [0.4, 0.5) is 0 Å². The van der Waals surface area contributed by atoms with E-state index in [1.165, 1.54) is 0 Å². The van der Waals surface area contributed by atoms with E-state index in [2.05, 4.69) is 18.3 Å². The molecule has 0 amide bonds. The van der Waals surface area contributed by atoms with Crippen molar-refractivity contribution in [2.75, 3.05) is 14.2 Å². The van der Waals surface area contributed by atoms with Gasteiger partial charge in [-0.3, -0.25) is 0 Å². The van der Waals surface area contributed by atoms with Gasteiger partial charge in [0.05, 0.1) is 19.9 Å². The Bertz CT molecular complexity index is 1050. The summed E-state index contributed by atoms with van der Waals surface area (Å²) in [6.07, 6.45) is 7.11. The maximum absolute atomic E-state index is 6.27. The summed E-state index contributed by atoms with van der Waals surface area (Å²) in [5.74, 6) is 2.54. The minimum absolute atomic E-state index is 0.589. The van der Waals surface area contributed by atoms with Crippen LogP contribution in [0.15, 0.2) is 80.2 Å². The molecule has 3 aromatic rings. The Balaban J connectivity index is 2.03. The van der Waals surface area contributed by atoms with Gasteiger partial charge in [-0.15, -0.1) is 0 Å². The average molecular weight is 388 g/mol. The predicted molar refractivity (Wildman–Crippen MR) is 116 cm³/mol. The summed E-state index contributed by atoms with van der Waals surface area (Å²) < 4.78 is 18.7. The highest BCUT2D eigenvalue weighted by Crippen LogP contribution is 2.30. The second-order valence-corrected chi connectivity index (χ2v) is 6.34. The van der Waals surface area contributed by atoms with Crippen molar-refractivity contribution < 1.29 is 14.2 Å². The molecule has 148 valence electrons. The molecule has 0 spiro atoms. The maximum Gasteiger partial charge on any atom is 0.134 e. The largest absolute Gasteiger partial charge is 0.497 e. The van der Waals surface area contributed by atoms with Crippen LogP contribution in [0.5, 0.6) is 11.5 Å². The van der Waals surface area contributed by atoms with Gasteiger partial charge in [-0.1, -0.05) is 31.4 Å². The molecule has 5 heteroatoms. The normalized spacial score (nSPS) is 11.1. The molecule has 3 rings (SSSR count). The van der Waals surface area contributed by atoms with Gasteiger partial charge in [-0.25, -0.2) is 4.68 Å². The van der Waals surface area contributed by atoms with Crippen LogP contribution < -0.4 is 9.47 Å². The number of hydrogen-bond acceptors (Lipinski definition) is 4. The first-order valence-electron chi connectivity index (χ1n) is 9.09.